The molecule has 0 amide bonds. The predicted molar refractivity (Wildman–Crippen MR) is 128 cm³/mol. The van der Waals surface area contributed by atoms with E-state index in [0.29, 0.717) is 17.6 Å². The molecule has 1 aromatic heterocycles. The van der Waals surface area contributed by atoms with Crippen molar-refractivity contribution in [2.24, 2.45) is 5.92 Å². The van der Waals surface area contributed by atoms with Gasteiger partial charge in [-0.15, -0.1) is 0 Å². The summed E-state index contributed by atoms with van der Waals surface area (Å²) in [4.78, 5) is 6.91. The molecule has 1 atom stereocenters. The number of hydrogen-bond donors (Lipinski definition) is 1. The standard InChI is InChI=1S/C25H28N4OS/c1-16(2)14-15-29-18(4)21(22(26-25(29)31)19-12-10-17(3)11-13-19)24-27-23(28-30-24)20-8-6-5-7-9-20/h5-13,16,22H,14-15H2,1-4H3,(H,26,31). The fraction of sp³-hybridized carbons (Fsp3) is 0.320. The Morgan fingerprint density at radius 2 is 1.77 bits per heavy atom. The summed E-state index contributed by atoms with van der Waals surface area (Å²) in [5.41, 5.74) is 5.28. The van der Waals surface area contributed by atoms with Crippen LogP contribution < -0.4 is 5.32 Å². The third kappa shape index (κ3) is 4.54. The maximum Gasteiger partial charge on any atom is 0.258 e. The van der Waals surface area contributed by atoms with Crippen LogP contribution in [-0.2, 0) is 0 Å². The van der Waals surface area contributed by atoms with Crippen molar-refractivity contribution in [2.75, 3.05) is 6.54 Å². The van der Waals surface area contributed by atoms with E-state index in [0.717, 1.165) is 40.5 Å². The summed E-state index contributed by atoms with van der Waals surface area (Å²) in [5, 5.41) is 8.51. The molecule has 31 heavy (non-hydrogen) atoms. The Bertz CT molecular complexity index is 1090. The molecule has 0 aliphatic carbocycles. The Balaban J connectivity index is 1.78. The monoisotopic (exact) mass is 432 g/mol. The first kappa shape index (κ1) is 21.2. The zero-order valence-corrected chi connectivity index (χ0v) is 19.2. The summed E-state index contributed by atoms with van der Waals surface area (Å²) >= 11 is 5.76. The molecule has 1 aliphatic rings. The number of aryl methyl sites for hydroxylation is 1. The van der Waals surface area contributed by atoms with Crippen LogP contribution in [0.4, 0.5) is 0 Å². The molecular formula is C25H28N4OS. The summed E-state index contributed by atoms with van der Waals surface area (Å²) in [6.07, 6.45) is 1.04. The summed E-state index contributed by atoms with van der Waals surface area (Å²) in [5.74, 6) is 1.69. The van der Waals surface area contributed by atoms with Crippen molar-refractivity contribution in [1.82, 2.24) is 20.4 Å². The molecule has 1 aliphatic heterocycles. The highest BCUT2D eigenvalue weighted by molar-refractivity contribution is 7.80. The van der Waals surface area contributed by atoms with Gasteiger partial charge in [-0.3, -0.25) is 0 Å². The molecule has 160 valence electrons. The van der Waals surface area contributed by atoms with Gasteiger partial charge in [0.15, 0.2) is 5.11 Å². The van der Waals surface area contributed by atoms with E-state index in [9.17, 15) is 0 Å². The summed E-state index contributed by atoms with van der Waals surface area (Å²) in [7, 11) is 0. The van der Waals surface area contributed by atoms with Gasteiger partial charge in [0.25, 0.3) is 5.89 Å². The lowest BCUT2D eigenvalue weighted by Gasteiger charge is -2.37. The van der Waals surface area contributed by atoms with Gasteiger partial charge in [-0.25, -0.2) is 0 Å². The Morgan fingerprint density at radius 1 is 1.06 bits per heavy atom. The van der Waals surface area contributed by atoms with Crippen LogP contribution in [0.25, 0.3) is 17.0 Å². The molecule has 6 heteroatoms. The molecule has 1 unspecified atom stereocenters. The summed E-state index contributed by atoms with van der Waals surface area (Å²) < 4.78 is 5.78. The largest absolute Gasteiger partial charge is 0.351 e. The van der Waals surface area contributed by atoms with E-state index in [1.54, 1.807) is 0 Å². The topological polar surface area (TPSA) is 54.2 Å². The van der Waals surface area contributed by atoms with Gasteiger partial charge < -0.3 is 14.7 Å². The Labute approximate surface area is 189 Å². The van der Waals surface area contributed by atoms with Gasteiger partial charge in [0.2, 0.25) is 5.82 Å². The van der Waals surface area contributed by atoms with E-state index in [4.69, 9.17) is 21.7 Å². The maximum atomic E-state index is 5.78. The van der Waals surface area contributed by atoms with Crippen LogP contribution >= 0.6 is 12.2 Å². The molecule has 0 radical (unpaired) electrons. The minimum Gasteiger partial charge on any atom is -0.351 e. The van der Waals surface area contributed by atoms with E-state index in [1.165, 1.54) is 5.56 Å². The van der Waals surface area contributed by atoms with Gasteiger partial charge in [-0.05, 0) is 44.0 Å². The predicted octanol–water partition coefficient (Wildman–Crippen LogP) is 5.75. The number of allylic oxidation sites excluding steroid dienone is 1. The van der Waals surface area contributed by atoms with E-state index in [1.807, 2.05) is 30.3 Å². The van der Waals surface area contributed by atoms with Crippen molar-refractivity contribution in [2.45, 2.75) is 40.2 Å². The number of nitrogens with one attached hydrogen (secondary N) is 1. The lowest BCUT2D eigenvalue weighted by atomic mass is 9.94. The molecule has 4 rings (SSSR count). The smallest absolute Gasteiger partial charge is 0.258 e. The molecule has 0 saturated carbocycles. The molecular weight excluding hydrogens is 404 g/mol. The first-order valence-electron chi connectivity index (χ1n) is 10.7. The van der Waals surface area contributed by atoms with Crippen LogP contribution in [0.2, 0.25) is 0 Å². The average Bonchev–Trinajstić information content (AvgIpc) is 3.24. The second-order valence-corrected chi connectivity index (χ2v) is 8.80. The van der Waals surface area contributed by atoms with Crippen molar-refractivity contribution < 1.29 is 4.52 Å². The molecule has 0 fully saturated rings. The van der Waals surface area contributed by atoms with Crippen LogP contribution in [0.5, 0.6) is 0 Å². The number of thiocarbonyl (C=S) groups is 1. The SMILES string of the molecule is CC1=C(c2nc(-c3ccccc3)no2)C(c2ccc(C)cc2)NC(=S)N1CCC(C)C. The third-order valence-electron chi connectivity index (χ3n) is 5.63. The molecule has 1 N–H and O–H groups in total. The normalized spacial score (nSPS) is 16.7. The quantitative estimate of drug-likeness (QED) is 0.500. The molecule has 5 nitrogen and oxygen atoms in total. The van der Waals surface area contributed by atoms with Crippen LogP contribution in [0.1, 0.15) is 50.3 Å². The van der Waals surface area contributed by atoms with E-state index >= 15 is 0 Å². The molecule has 2 heterocycles. The summed E-state index contributed by atoms with van der Waals surface area (Å²) in [6, 6.07) is 18.2. The lowest BCUT2D eigenvalue weighted by Crippen LogP contribution is -2.46. The number of hydrogen-bond acceptors (Lipinski definition) is 4. The second-order valence-electron chi connectivity index (χ2n) is 8.42. The number of rotatable bonds is 6. The van der Waals surface area contributed by atoms with Gasteiger partial charge in [0.1, 0.15) is 0 Å². The summed E-state index contributed by atoms with van der Waals surface area (Å²) in [6.45, 7) is 9.47. The highest BCUT2D eigenvalue weighted by Gasteiger charge is 2.33. The maximum absolute atomic E-state index is 5.78. The minimum atomic E-state index is -0.146. The highest BCUT2D eigenvalue weighted by Crippen LogP contribution is 2.37. The lowest BCUT2D eigenvalue weighted by molar-refractivity contribution is 0.390. The molecule has 3 aromatic rings. The molecule has 0 spiro atoms. The van der Waals surface area contributed by atoms with Gasteiger partial charge in [-0.2, -0.15) is 4.98 Å². The highest BCUT2D eigenvalue weighted by atomic mass is 32.1. The number of nitrogens with zero attached hydrogens (tertiary/aromatic N) is 3. The van der Waals surface area contributed by atoms with Crippen molar-refractivity contribution >= 4 is 22.9 Å². The average molecular weight is 433 g/mol. The van der Waals surface area contributed by atoms with Crippen LogP contribution in [0.15, 0.2) is 64.8 Å². The first-order valence-corrected chi connectivity index (χ1v) is 11.1. The zero-order chi connectivity index (χ0) is 22.0. The van der Waals surface area contributed by atoms with E-state index in [-0.39, 0.29) is 6.04 Å². The van der Waals surface area contributed by atoms with Gasteiger partial charge >= 0.3 is 0 Å². The number of benzene rings is 2. The Morgan fingerprint density at radius 3 is 2.45 bits per heavy atom. The van der Waals surface area contributed by atoms with E-state index < -0.39 is 0 Å². The van der Waals surface area contributed by atoms with Gasteiger partial charge in [0, 0.05) is 17.8 Å². The zero-order valence-electron chi connectivity index (χ0n) is 18.4. The minimum absolute atomic E-state index is 0.146. The van der Waals surface area contributed by atoms with Crippen LogP contribution in [0.3, 0.4) is 0 Å². The Kier molecular flexibility index (Phi) is 6.18. The molecule has 0 bridgehead atoms. The van der Waals surface area contributed by atoms with Crippen molar-refractivity contribution in [3.8, 4) is 11.4 Å². The van der Waals surface area contributed by atoms with E-state index in [2.05, 4.69) is 67.3 Å². The van der Waals surface area contributed by atoms with Crippen molar-refractivity contribution in [3.05, 3.63) is 77.3 Å². The van der Waals surface area contributed by atoms with Gasteiger partial charge in [0.05, 0.1) is 11.6 Å². The molecule has 0 saturated heterocycles. The fourth-order valence-electron chi connectivity index (χ4n) is 3.76. The van der Waals surface area contributed by atoms with Gasteiger partial charge in [-0.1, -0.05) is 79.2 Å². The fourth-order valence-corrected chi connectivity index (χ4v) is 4.11. The first-order chi connectivity index (χ1) is 14.9. The van der Waals surface area contributed by atoms with Crippen molar-refractivity contribution in [1.29, 1.82) is 0 Å². The van der Waals surface area contributed by atoms with Crippen LogP contribution in [-0.4, -0.2) is 26.7 Å². The number of aromatic nitrogens is 2. The van der Waals surface area contributed by atoms with Crippen molar-refractivity contribution in [3.63, 3.8) is 0 Å². The van der Waals surface area contributed by atoms with Crippen LogP contribution in [0, 0.1) is 12.8 Å². The second kappa shape index (κ2) is 9.02. The Hall–Kier alpha value is -2.99. The third-order valence-corrected chi connectivity index (χ3v) is 5.96. The molecule has 2 aromatic carbocycles.